The van der Waals surface area contributed by atoms with Crippen molar-refractivity contribution in [1.29, 1.82) is 0 Å². The highest BCUT2D eigenvalue weighted by molar-refractivity contribution is 5.97. The van der Waals surface area contributed by atoms with Crippen LogP contribution >= 0.6 is 0 Å². The van der Waals surface area contributed by atoms with Crippen LogP contribution < -0.4 is 19.3 Å². The fourth-order valence-corrected chi connectivity index (χ4v) is 11.4. The molecule has 380 valence electrons. The zero-order valence-electron chi connectivity index (χ0n) is 41.8. The summed E-state index contributed by atoms with van der Waals surface area (Å²) >= 11 is 0. The number of hydrogen-bond acceptors (Lipinski definition) is 10. The van der Waals surface area contributed by atoms with E-state index in [1.54, 1.807) is 12.1 Å². The number of carbonyl (C=O) groups is 4. The number of nitrogens with zero attached hydrogens (tertiary/aromatic N) is 4. The molecule has 6 atom stereocenters. The third kappa shape index (κ3) is 9.62. The van der Waals surface area contributed by atoms with Crippen molar-refractivity contribution in [2.24, 2.45) is 23.7 Å². The number of carbonyl (C=O) groups excluding carboxylic acids is 4. The zero-order valence-corrected chi connectivity index (χ0v) is 41.8. The Balaban J connectivity index is 0.000000156. The fraction of sp³-hybridized carbons (Fsp3) is 0.517. The first-order valence-electron chi connectivity index (χ1n) is 26.4. The summed E-state index contributed by atoms with van der Waals surface area (Å²) in [5, 5.41) is 0. The maximum atomic E-state index is 14.7. The topological polar surface area (TPSA) is 118 Å². The normalized spacial score (nSPS) is 25.4. The molecule has 0 aromatic heterocycles. The molecule has 72 heavy (non-hydrogen) atoms. The molecule has 6 fully saturated rings. The van der Waals surface area contributed by atoms with Crippen molar-refractivity contribution in [2.75, 3.05) is 36.1 Å². The van der Waals surface area contributed by atoms with Gasteiger partial charge in [0.15, 0.2) is 0 Å². The molecule has 8 aliphatic rings. The third-order valence-electron chi connectivity index (χ3n) is 16.6. The van der Waals surface area contributed by atoms with E-state index < -0.39 is 12.2 Å². The number of rotatable bonds is 12. The average molecular weight is 985 g/mol. The fourth-order valence-electron chi connectivity index (χ4n) is 11.4. The van der Waals surface area contributed by atoms with Gasteiger partial charge in [0.1, 0.15) is 36.3 Å². The number of cyclic esters (lactones) is 2. The van der Waals surface area contributed by atoms with Crippen molar-refractivity contribution in [3.63, 3.8) is 0 Å². The van der Waals surface area contributed by atoms with E-state index in [0.29, 0.717) is 24.5 Å². The molecular weight excluding hydrogens is 919 g/mol. The Morgan fingerprint density at radius 2 is 0.986 bits per heavy atom. The molecule has 2 saturated heterocycles. The lowest BCUT2D eigenvalue weighted by Gasteiger charge is -2.32. The molecule has 0 unspecified atom stereocenters. The van der Waals surface area contributed by atoms with Gasteiger partial charge in [-0.3, -0.25) is 9.59 Å². The first kappa shape index (κ1) is 48.1. The molecule has 4 heterocycles. The van der Waals surface area contributed by atoms with Crippen molar-refractivity contribution in [1.82, 2.24) is 9.80 Å². The molecule has 14 heteroatoms. The van der Waals surface area contributed by atoms with Crippen LogP contribution in [0.25, 0.3) is 0 Å². The quantitative estimate of drug-likeness (QED) is 0.136. The van der Waals surface area contributed by atoms with Crippen molar-refractivity contribution in [3.05, 3.63) is 118 Å². The molecule has 12 nitrogen and oxygen atoms in total. The minimum absolute atomic E-state index is 0.107. The van der Waals surface area contributed by atoms with Gasteiger partial charge in [0.05, 0.1) is 35.7 Å². The summed E-state index contributed by atoms with van der Waals surface area (Å²) in [6.07, 6.45) is 9.32. The van der Waals surface area contributed by atoms with Gasteiger partial charge in [0.2, 0.25) is 11.8 Å². The van der Waals surface area contributed by atoms with E-state index in [2.05, 4.69) is 46.2 Å². The van der Waals surface area contributed by atoms with Crippen LogP contribution in [-0.4, -0.2) is 84.4 Å². The Labute approximate surface area is 420 Å². The summed E-state index contributed by atoms with van der Waals surface area (Å²) in [6, 6.07) is 22.6. The van der Waals surface area contributed by atoms with Gasteiger partial charge >= 0.3 is 12.2 Å². The van der Waals surface area contributed by atoms with Crippen LogP contribution in [-0.2, 0) is 45.0 Å². The molecule has 4 aromatic rings. The van der Waals surface area contributed by atoms with E-state index >= 15 is 0 Å². The molecule has 0 bridgehead atoms. The molecule has 4 saturated carbocycles. The Kier molecular flexibility index (Phi) is 13.2. The second-order valence-electron chi connectivity index (χ2n) is 22.1. The van der Waals surface area contributed by atoms with E-state index in [-0.39, 0.29) is 96.5 Å². The van der Waals surface area contributed by atoms with Crippen molar-refractivity contribution >= 4 is 35.4 Å². The van der Waals surface area contributed by atoms with E-state index in [9.17, 15) is 28.0 Å². The summed E-state index contributed by atoms with van der Waals surface area (Å²) in [4.78, 5) is 57.5. The number of fused-ring (bicyclic) bond motifs is 2. The van der Waals surface area contributed by atoms with Crippen LogP contribution in [0, 0.1) is 35.3 Å². The van der Waals surface area contributed by atoms with Gasteiger partial charge in [0.25, 0.3) is 0 Å². The van der Waals surface area contributed by atoms with Crippen LogP contribution in [0.5, 0.6) is 11.5 Å². The molecule has 0 N–H and O–H groups in total. The summed E-state index contributed by atoms with van der Waals surface area (Å²) in [6.45, 7) is 11.3. The number of ether oxygens (including phenoxy) is 4. The minimum atomic E-state index is -0.510. The maximum Gasteiger partial charge on any atom is 0.416 e. The number of anilines is 2. The van der Waals surface area contributed by atoms with Gasteiger partial charge in [-0.15, -0.1) is 0 Å². The smallest absolute Gasteiger partial charge is 0.416 e. The van der Waals surface area contributed by atoms with E-state index in [1.165, 1.54) is 57.0 Å². The second-order valence-corrected chi connectivity index (χ2v) is 22.1. The minimum Gasteiger partial charge on any atom is -0.490 e. The van der Waals surface area contributed by atoms with E-state index in [1.807, 2.05) is 39.8 Å². The lowest BCUT2D eigenvalue weighted by molar-refractivity contribution is -0.132. The zero-order chi connectivity index (χ0) is 49.9. The Hall–Kier alpha value is -6.18. The maximum absolute atomic E-state index is 14.7. The van der Waals surface area contributed by atoms with Gasteiger partial charge in [-0.1, -0.05) is 64.1 Å². The first-order chi connectivity index (χ1) is 34.8. The highest BCUT2D eigenvalue weighted by Gasteiger charge is 2.53. The van der Waals surface area contributed by atoms with Crippen molar-refractivity contribution in [2.45, 2.75) is 141 Å². The van der Waals surface area contributed by atoms with Crippen molar-refractivity contribution in [3.8, 4) is 11.5 Å². The molecule has 4 aliphatic carbocycles. The molecule has 12 rings (SSSR count). The van der Waals surface area contributed by atoms with Gasteiger partial charge in [-0.05, 0) is 146 Å². The van der Waals surface area contributed by atoms with Crippen LogP contribution in [0.3, 0.4) is 0 Å². The van der Waals surface area contributed by atoms with Crippen molar-refractivity contribution < 1.29 is 46.9 Å². The number of imide groups is 2. The summed E-state index contributed by atoms with van der Waals surface area (Å²) in [5.41, 5.74) is 8.35. The van der Waals surface area contributed by atoms with Gasteiger partial charge in [-0.2, -0.15) is 0 Å². The Bertz CT molecular complexity index is 2570. The highest BCUT2D eigenvalue weighted by Crippen LogP contribution is 2.51. The Morgan fingerprint density at radius 3 is 1.36 bits per heavy atom. The van der Waals surface area contributed by atoms with Crippen LogP contribution in [0.4, 0.5) is 29.7 Å². The molecule has 0 radical (unpaired) electrons. The predicted molar refractivity (Wildman–Crippen MR) is 267 cm³/mol. The standard InChI is InChI=1S/2C29H33FN2O4/c2*1-17(2)27-16-35-29(34)32(27)28(33)24-14-23(24)19-6-7-20-15-31(11-10-18(20)12-19)26-13-22(8-9-25(26)30)36-21-4-3-5-21/h2*6-9,12-13,17,21,23-24,27H,3-5,10-11,14-16H2,1-2H3/t23-,24+,27+;23-,24+,27-/m01/s1. The SMILES string of the molecule is CC(C)[C@H]1COC(=O)N1C(=O)[C@@H]1C[C@H]1c1ccc2c(c1)CCN(c1cc(OC3CCC3)ccc1F)C2.CC(C)[C@H]1COC(=O)N1C(=O)[C@H]1C[C@@H]1c1ccc2c(c1)CCN(c1cc(OC3CCC3)ccc1F)C2. The van der Waals surface area contributed by atoms with Crippen LogP contribution in [0.2, 0.25) is 0 Å². The van der Waals surface area contributed by atoms with Gasteiger partial charge in [-0.25, -0.2) is 28.2 Å². The molecular formula is C58H66F2N4O8. The number of halogens is 2. The molecule has 4 aromatic carbocycles. The molecule has 4 amide bonds. The highest BCUT2D eigenvalue weighted by atomic mass is 19.1. The lowest BCUT2D eigenvalue weighted by atomic mass is 9.94. The first-order valence-corrected chi connectivity index (χ1v) is 26.4. The van der Waals surface area contributed by atoms with E-state index in [4.69, 9.17) is 18.9 Å². The summed E-state index contributed by atoms with van der Waals surface area (Å²) < 4.78 is 51.8. The van der Waals surface area contributed by atoms with Gasteiger partial charge in [0, 0.05) is 50.1 Å². The van der Waals surface area contributed by atoms with Crippen LogP contribution in [0.15, 0.2) is 72.8 Å². The third-order valence-corrected chi connectivity index (χ3v) is 16.6. The lowest BCUT2D eigenvalue weighted by Crippen LogP contribution is -2.42. The van der Waals surface area contributed by atoms with Crippen LogP contribution in [0.1, 0.15) is 124 Å². The second kappa shape index (κ2) is 19.7. The monoisotopic (exact) mass is 984 g/mol. The average Bonchev–Trinajstić information content (AvgIpc) is 4.26. The number of benzene rings is 4. The largest absolute Gasteiger partial charge is 0.490 e. The van der Waals surface area contributed by atoms with E-state index in [0.717, 1.165) is 87.1 Å². The summed E-state index contributed by atoms with van der Waals surface area (Å²) in [7, 11) is 0. The molecule has 0 spiro atoms. The van der Waals surface area contributed by atoms with Gasteiger partial charge < -0.3 is 28.7 Å². The Morgan fingerprint density at radius 1 is 0.569 bits per heavy atom. The predicted octanol–water partition coefficient (Wildman–Crippen LogP) is 10.9. The number of amides is 4. The number of hydrogen-bond donors (Lipinski definition) is 0. The summed E-state index contributed by atoms with van der Waals surface area (Å²) in [5.74, 6) is 1.09. The molecule has 4 aliphatic heterocycles.